The van der Waals surface area contributed by atoms with Gasteiger partial charge in [-0.3, -0.25) is 4.90 Å². The van der Waals surface area contributed by atoms with E-state index in [1.807, 2.05) is 19.9 Å². The number of likely N-dealkylation sites (tertiary alicyclic amines) is 1. The van der Waals surface area contributed by atoms with Gasteiger partial charge in [0.15, 0.2) is 0 Å². The Bertz CT molecular complexity index is 416. The van der Waals surface area contributed by atoms with Crippen molar-refractivity contribution >= 4 is 0 Å². The third-order valence-electron chi connectivity index (χ3n) is 3.88. The number of nitrogens with zero attached hydrogens (tertiary/aromatic N) is 3. The first-order chi connectivity index (χ1) is 9.47. The summed E-state index contributed by atoms with van der Waals surface area (Å²) in [5, 5.41) is 8.60. The van der Waals surface area contributed by atoms with Crippen molar-refractivity contribution in [2.24, 2.45) is 5.92 Å². The summed E-state index contributed by atoms with van der Waals surface area (Å²) >= 11 is 0. The lowest BCUT2D eigenvalue weighted by Crippen LogP contribution is -2.42. The molecule has 1 aliphatic heterocycles. The molecule has 0 spiro atoms. The molecule has 2 rings (SSSR count). The summed E-state index contributed by atoms with van der Waals surface area (Å²) in [6.45, 7) is 12.0. The van der Waals surface area contributed by atoms with Gasteiger partial charge in [-0.15, -0.1) is 5.10 Å². The van der Waals surface area contributed by atoms with Crippen molar-refractivity contribution in [2.45, 2.75) is 65.6 Å². The number of rotatable bonds is 4. The molecule has 0 N–H and O–H groups in total. The topological polar surface area (TPSA) is 38.2 Å². The Balaban J connectivity index is 2.12. The minimum absolute atomic E-state index is 0.137. The van der Waals surface area contributed by atoms with Gasteiger partial charge < -0.3 is 4.74 Å². The average molecular weight is 277 g/mol. The fourth-order valence-corrected chi connectivity index (χ4v) is 2.89. The molecule has 1 aromatic rings. The molecule has 20 heavy (non-hydrogen) atoms. The molecule has 0 aliphatic carbocycles. The maximum absolute atomic E-state index is 5.56. The Morgan fingerprint density at radius 3 is 2.45 bits per heavy atom. The molecule has 0 bridgehead atoms. The Hall–Kier alpha value is -1.16. The standard InChI is InChI=1S/C16H27N3O/c1-11(2)19-10-13(5)6-8-15(19)14-7-9-16(18-17-14)20-12(3)4/h7,9,11-13,15H,6,8,10H2,1-5H3/t13-,15-/m1/s1. The third-order valence-corrected chi connectivity index (χ3v) is 3.88. The molecule has 4 heteroatoms. The molecule has 1 aromatic heterocycles. The Morgan fingerprint density at radius 2 is 1.90 bits per heavy atom. The third kappa shape index (κ3) is 3.69. The van der Waals surface area contributed by atoms with Crippen LogP contribution < -0.4 is 4.74 Å². The van der Waals surface area contributed by atoms with Crippen molar-refractivity contribution in [1.29, 1.82) is 0 Å². The van der Waals surface area contributed by atoms with Gasteiger partial charge in [-0.1, -0.05) is 6.92 Å². The van der Waals surface area contributed by atoms with Crippen LogP contribution >= 0.6 is 0 Å². The SMILES string of the molecule is CC(C)Oc1ccc([C@H]2CC[C@@H](C)CN2C(C)C)nn1. The molecule has 1 aliphatic rings. The van der Waals surface area contributed by atoms with E-state index in [9.17, 15) is 0 Å². The molecule has 2 atom stereocenters. The van der Waals surface area contributed by atoms with Crippen LogP contribution in [0.25, 0.3) is 0 Å². The van der Waals surface area contributed by atoms with E-state index in [-0.39, 0.29) is 6.10 Å². The molecule has 0 radical (unpaired) electrons. The van der Waals surface area contributed by atoms with Gasteiger partial charge in [0.25, 0.3) is 0 Å². The van der Waals surface area contributed by atoms with Crippen LogP contribution in [0.2, 0.25) is 0 Å². The van der Waals surface area contributed by atoms with Crippen molar-refractivity contribution in [2.75, 3.05) is 6.54 Å². The van der Waals surface area contributed by atoms with Crippen molar-refractivity contribution in [3.05, 3.63) is 17.8 Å². The monoisotopic (exact) mass is 277 g/mol. The quantitative estimate of drug-likeness (QED) is 0.845. The molecule has 2 heterocycles. The van der Waals surface area contributed by atoms with Crippen LogP contribution in [-0.4, -0.2) is 33.8 Å². The molecular formula is C16H27N3O. The Morgan fingerprint density at radius 1 is 1.15 bits per heavy atom. The molecule has 0 amide bonds. The molecule has 0 unspecified atom stereocenters. The fraction of sp³-hybridized carbons (Fsp3) is 0.750. The summed E-state index contributed by atoms with van der Waals surface area (Å²) in [5.74, 6) is 1.38. The second-order valence-corrected chi connectivity index (χ2v) is 6.45. The van der Waals surface area contributed by atoms with E-state index >= 15 is 0 Å². The average Bonchev–Trinajstić information content (AvgIpc) is 2.39. The zero-order valence-corrected chi connectivity index (χ0v) is 13.3. The first kappa shape index (κ1) is 15.2. The largest absolute Gasteiger partial charge is 0.474 e. The molecule has 1 saturated heterocycles. The van der Waals surface area contributed by atoms with Crippen molar-refractivity contribution in [1.82, 2.24) is 15.1 Å². The van der Waals surface area contributed by atoms with Crippen molar-refractivity contribution < 1.29 is 4.74 Å². The van der Waals surface area contributed by atoms with Gasteiger partial charge in [0.05, 0.1) is 17.8 Å². The van der Waals surface area contributed by atoms with E-state index in [2.05, 4.69) is 41.9 Å². The molecule has 0 saturated carbocycles. The minimum atomic E-state index is 0.137. The summed E-state index contributed by atoms with van der Waals surface area (Å²) in [6, 6.07) is 4.95. The smallest absolute Gasteiger partial charge is 0.233 e. The van der Waals surface area contributed by atoms with E-state index in [4.69, 9.17) is 4.74 Å². The van der Waals surface area contributed by atoms with Crippen LogP contribution in [-0.2, 0) is 0 Å². The highest BCUT2D eigenvalue weighted by Gasteiger charge is 2.30. The number of piperidine rings is 1. The van der Waals surface area contributed by atoms with E-state index in [0.717, 1.165) is 18.2 Å². The summed E-state index contributed by atoms with van der Waals surface area (Å²) in [4.78, 5) is 2.54. The first-order valence-corrected chi connectivity index (χ1v) is 7.73. The van der Waals surface area contributed by atoms with E-state index < -0.39 is 0 Å². The highest BCUT2D eigenvalue weighted by atomic mass is 16.5. The second-order valence-electron chi connectivity index (χ2n) is 6.45. The Kier molecular flexibility index (Phi) is 4.97. The van der Waals surface area contributed by atoms with Gasteiger partial charge in [-0.25, -0.2) is 0 Å². The molecule has 0 aromatic carbocycles. The van der Waals surface area contributed by atoms with Crippen molar-refractivity contribution in [3.63, 3.8) is 0 Å². The first-order valence-electron chi connectivity index (χ1n) is 7.73. The normalized spacial score (nSPS) is 24.4. The maximum atomic E-state index is 5.56. The van der Waals surface area contributed by atoms with E-state index in [1.54, 1.807) is 0 Å². The lowest BCUT2D eigenvalue weighted by Gasteiger charge is -2.40. The van der Waals surface area contributed by atoms with Crippen LogP contribution in [0.5, 0.6) is 5.88 Å². The fourth-order valence-electron chi connectivity index (χ4n) is 2.89. The summed E-state index contributed by atoms with van der Waals surface area (Å²) < 4.78 is 5.56. The highest BCUT2D eigenvalue weighted by Crippen LogP contribution is 2.33. The second kappa shape index (κ2) is 6.53. The molecule has 4 nitrogen and oxygen atoms in total. The predicted molar refractivity (Wildman–Crippen MR) is 80.8 cm³/mol. The number of hydrogen-bond donors (Lipinski definition) is 0. The number of aromatic nitrogens is 2. The van der Waals surface area contributed by atoms with Crippen LogP contribution in [0.15, 0.2) is 12.1 Å². The van der Waals surface area contributed by atoms with E-state index in [0.29, 0.717) is 18.0 Å². The molecule has 112 valence electrons. The summed E-state index contributed by atoms with van der Waals surface area (Å²) in [7, 11) is 0. The highest BCUT2D eigenvalue weighted by molar-refractivity contribution is 5.15. The summed E-state index contributed by atoms with van der Waals surface area (Å²) in [5.41, 5.74) is 1.07. The van der Waals surface area contributed by atoms with Gasteiger partial charge in [0.2, 0.25) is 5.88 Å². The van der Waals surface area contributed by atoms with Crippen molar-refractivity contribution in [3.8, 4) is 5.88 Å². The maximum Gasteiger partial charge on any atom is 0.233 e. The molecular weight excluding hydrogens is 250 g/mol. The molecule has 1 fully saturated rings. The van der Waals surface area contributed by atoms with Crippen LogP contribution in [0.4, 0.5) is 0 Å². The minimum Gasteiger partial charge on any atom is -0.474 e. The van der Waals surface area contributed by atoms with Gasteiger partial charge >= 0.3 is 0 Å². The van der Waals surface area contributed by atoms with Gasteiger partial charge in [0.1, 0.15) is 0 Å². The zero-order chi connectivity index (χ0) is 14.7. The van der Waals surface area contributed by atoms with Gasteiger partial charge in [0, 0.05) is 18.7 Å². The predicted octanol–water partition coefficient (Wildman–Crippen LogP) is 3.45. The van der Waals surface area contributed by atoms with Gasteiger partial charge in [-0.05, 0) is 52.5 Å². The lowest BCUT2D eigenvalue weighted by atomic mass is 9.91. The Labute approximate surface area is 122 Å². The summed E-state index contributed by atoms with van der Waals surface area (Å²) in [6.07, 6.45) is 2.57. The van der Waals surface area contributed by atoms with Crippen LogP contribution in [0, 0.1) is 5.92 Å². The van der Waals surface area contributed by atoms with E-state index in [1.165, 1.54) is 12.8 Å². The zero-order valence-electron chi connectivity index (χ0n) is 13.3. The number of ether oxygens (including phenoxy) is 1. The van der Waals surface area contributed by atoms with Crippen LogP contribution in [0.3, 0.4) is 0 Å². The number of hydrogen-bond acceptors (Lipinski definition) is 4. The van der Waals surface area contributed by atoms with Gasteiger partial charge in [-0.2, -0.15) is 5.10 Å². The van der Waals surface area contributed by atoms with Crippen LogP contribution in [0.1, 0.15) is 59.2 Å². The lowest BCUT2D eigenvalue weighted by molar-refractivity contribution is 0.0786.